The minimum Gasteiger partial charge on any atom is -0.336 e. The van der Waals surface area contributed by atoms with Gasteiger partial charge in [-0.3, -0.25) is 0 Å². The topological polar surface area (TPSA) is 51.0 Å². The molecule has 0 spiro atoms. The maximum atomic E-state index is 5.20. The molecule has 0 amide bonds. The third kappa shape index (κ3) is 1.51. The number of pyridine rings is 1. The van der Waals surface area contributed by atoms with Crippen molar-refractivity contribution < 1.29 is 4.52 Å². The zero-order valence-corrected chi connectivity index (χ0v) is 8.66. The molecule has 3 rings (SSSR count). The first kappa shape index (κ1) is 8.85. The lowest BCUT2D eigenvalue weighted by molar-refractivity contribution is 0.439. The van der Waals surface area contributed by atoms with E-state index < -0.39 is 0 Å². The highest BCUT2D eigenvalue weighted by molar-refractivity contribution is 5.77. The van der Waals surface area contributed by atoms with Crippen molar-refractivity contribution in [1.82, 2.24) is 15.5 Å². The van der Waals surface area contributed by atoms with E-state index in [2.05, 4.69) is 21.5 Å². The van der Waals surface area contributed by atoms with E-state index in [1.54, 1.807) is 0 Å². The normalized spacial score (nSPS) is 16.1. The number of nitrogens with one attached hydrogen (secondary N) is 1. The van der Waals surface area contributed by atoms with Gasteiger partial charge in [-0.15, -0.1) is 0 Å². The molecule has 4 heteroatoms. The summed E-state index contributed by atoms with van der Waals surface area (Å²) in [4.78, 5) is 4.26. The fourth-order valence-corrected chi connectivity index (χ4v) is 1.85. The van der Waals surface area contributed by atoms with Gasteiger partial charge in [-0.25, -0.2) is 4.98 Å². The van der Waals surface area contributed by atoms with Gasteiger partial charge in [0, 0.05) is 18.7 Å². The highest BCUT2D eigenvalue weighted by atomic mass is 16.5. The molecule has 2 aromatic heterocycles. The molecule has 1 fully saturated rings. The van der Waals surface area contributed by atoms with Gasteiger partial charge in [-0.2, -0.15) is 0 Å². The Bertz CT molecular complexity index is 488. The first-order chi connectivity index (χ1) is 7.38. The Labute approximate surface area is 87.7 Å². The average Bonchev–Trinajstić information content (AvgIpc) is 3.00. The van der Waals surface area contributed by atoms with Crippen molar-refractivity contribution in [3.63, 3.8) is 0 Å². The fraction of sp³-hybridized carbons (Fsp3) is 0.455. The van der Waals surface area contributed by atoms with Crippen LogP contribution in [0.2, 0.25) is 0 Å². The van der Waals surface area contributed by atoms with Crippen molar-refractivity contribution >= 4 is 11.1 Å². The average molecular weight is 203 g/mol. The number of aromatic nitrogens is 2. The molecule has 0 bridgehead atoms. The van der Waals surface area contributed by atoms with Crippen LogP contribution in [0.3, 0.4) is 0 Å². The van der Waals surface area contributed by atoms with Gasteiger partial charge < -0.3 is 9.84 Å². The van der Waals surface area contributed by atoms with Crippen LogP contribution < -0.4 is 5.32 Å². The minimum atomic E-state index is 0.609. The van der Waals surface area contributed by atoms with E-state index in [4.69, 9.17) is 4.52 Å². The van der Waals surface area contributed by atoms with Gasteiger partial charge in [0.05, 0.1) is 11.1 Å². The second-order valence-corrected chi connectivity index (χ2v) is 4.07. The fourth-order valence-electron chi connectivity index (χ4n) is 1.85. The van der Waals surface area contributed by atoms with Crippen LogP contribution in [0.4, 0.5) is 0 Å². The molecule has 1 aliphatic carbocycles. The lowest BCUT2D eigenvalue weighted by Crippen LogP contribution is -2.05. The maximum Gasteiger partial charge on any atom is 0.257 e. The number of nitrogens with zero attached hydrogens (tertiary/aromatic N) is 2. The van der Waals surface area contributed by atoms with E-state index in [0.717, 1.165) is 17.6 Å². The van der Waals surface area contributed by atoms with Gasteiger partial charge in [0.25, 0.3) is 5.71 Å². The van der Waals surface area contributed by atoms with Crippen molar-refractivity contribution in [2.24, 2.45) is 0 Å². The van der Waals surface area contributed by atoms with Crippen LogP contribution in [0.25, 0.3) is 11.1 Å². The standard InChI is InChI=1S/C11H13N3O/c1-12-5-7-4-9-10(8-2-3-8)14-15-11(9)13-6-7/h4,6,8,12H,2-3,5H2,1H3. The number of hydrogen-bond donors (Lipinski definition) is 1. The van der Waals surface area contributed by atoms with E-state index in [9.17, 15) is 0 Å². The predicted molar refractivity (Wildman–Crippen MR) is 56.5 cm³/mol. The Balaban J connectivity index is 2.09. The summed E-state index contributed by atoms with van der Waals surface area (Å²) in [7, 11) is 1.93. The Morgan fingerprint density at radius 3 is 3.13 bits per heavy atom. The molecule has 1 saturated carbocycles. The molecule has 0 aromatic carbocycles. The van der Waals surface area contributed by atoms with Crippen molar-refractivity contribution in [3.8, 4) is 0 Å². The van der Waals surface area contributed by atoms with Gasteiger partial charge in [-0.05, 0) is 31.5 Å². The third-order valence-corrected chi connectivity index (χ3v) is 2.76. The smallest absolute Gasteiger partial charge is 0.257 e. The summed E-state index contributed by atoms with van der Waals surface area (Å²) in [6, 6.07) is 2.13. The zero-order chi connectivity index (χ0) is 10.3. The first-order valence-corrected chi connectivity index (χ1v) is 5.27. The summed E-state index contributed by atoms with van der Waals surface area (Å²) in [5.41, 5.74) is 2.93. The molecule has 0 saturated heterocycles. The van der Waals surface area contributed by atoms with Gasteiger partial charge in [0.15, 0.2) is 0 Å². The quantitative estimate of drug-likeness (QED) is 0.826. The molecule has 1 N–H and O–H groups in total. The lowest BCUT2D eigenvalue weighted by Gasteiger charge is -1.98. The first-order valence-electron chi connectivity index (χ1n) is 5.27. The maximum absolute atomic E-state index is 5.20. The molecule has 0 radical (unpaired) electrons. The van der Waals surface area contributed by atoms with Gasteiger partial charge in [0.2, 0.25) is 0 Å². The van der Waals surface area contributed by atoms with E-state index >= 15 is 0 Å². The zero-order valence-electron chi connectivity index (χ0n) is 8.66. The second kappa shape index (κ2) is 3.31. The SMILES string of the molecule is CNCc1cnc2onc(C3CC3)c2c1. The largest absolute Gasteiger partial charge is 0.336 e. The third-order valence-electron chi connectivity index (χ3n) is 2.76. The molecule has 2 heterocycles. The molecule has 0 unspecified atom stereocenters. The molecule has 78 valence electrons. The molecule has 2 aromatic rings. The second-order valence-electron chi connectivity index (χ2n) is 4.07. The molecular formula is C11H13N3O. The Kier molecular flexibility index (Phi) is 1.95. The van der Waals surface area contributed by atoms with Crippen molar-refractivity contribution in [2.45, 2.75) is 25.3 Å². The molecule has 4 nitrogen and oxygen atoms in total. The van der Waals surface area contributed by atoms with Crippen LogP contribution in [0, 0.1) is 0 Å². The van der Waals surface area contributed by atoms with E-state index in [0.29, 0.717) is 11.6 Å². The Morgan fingerprint density at radius 1 is 1.53 bits per heavy atom. The summed E-state index contributed by atoms with van der Waals surface area (Å²) >= 11 is 0. The summed E-state index contributed by atoms with van der Waals surface area (Å²) in [6.45, 7) is 0.832. The van der Waals surface area contributed by atoms with Crippen molar-refractivity contribution in [1.29, 1.82) is 0 Å². The van der Waals surface area contributed by atoms with Crippen molar-refractivity contribution in [2.75, 3.05) is 7.05 Å². The summed E-state index contributed by atoms with van der Waals surface area (Å²) < 4.78 is 5.20. The monoisotopic (exact) mass is 203 g/mol. The predicted octanol–water partition coefficient (Wildman–Crippen LogP) is 1.82. The molecule has 1 aliphatic rings. The summed E-state index contributed by atoms with van der Waals surface area (Å²) in [6.07, 6.45) is 4.30. The Hall–Kier alpha value is -1.42. The van der Waals surface area contributed by atoms with Crippen LogP contribution in [0.1, 0.15) is 30.0 Å². The molecule has 15 heavy (non-hydrogen) atoms. The highest BCUT2D eigenvalue weighted by Gasteiger charge is 2.29. The summed E-state index contributed by atoms with van der Waals surface area (Å²) in [5, 5.41) is 8.30. The Morgan fingerprint density at radius 2 is 2.40 bits per heavy atom. The minimum absolute atomic E-state index is 0.609. The van der Waals surface area contributed by atoms with E-state index in [-0.39, 0.29) is 0 Å². The van der Waals surface area contributed by atoms with Crippen molar-refractivity contribution in [3.05, 3.63) is 23.5 Å². The number of fused-ring (bicyclic) bond motifs is 1. The lowest BCUT2D eigenvalue weighted by atomic mass is 10.1. The number of hydrogen-bond acceptors (Lipinski definition) is 4. The van der Waals surface area contributed by atoms with Gasteiger partial charge >= 0.3 is 0 Å². The van der Waals surface area contributed by atoms with E-state index in [1.165, 1.54) is 18.4 Å². The molecule has 0 aliphatic heterocycles. The van der Waals surface area contributed by atoms with Crippen LogP contribution >= 0.6 is 0 Å². The highest BCUT2D eigenvalue weighted by Crippen LogP contribution is 2.42. The van der Waals surface area contributed by atoms with Gasteiger partial charge in [-0.1, -0.05) is 5.16 Å². The van der Waals surface area contributed by atoms with Crippen LogP contribution in [-0.2, 0) is 6.54 Å². The van der Waals surface area contributed by atoms with Crippen LogP contribution in [0.5, 0.6) is 0 Å². The summed E-state index contributed by atoms with van der Waals surface area (Å²) in [5.74, 6) is 0.609. The molecule has 0 atom stereocenters. The molecular weight excluding hydrogens is 190 g/mol. The van der Waals surface area contributed by atoms with E-state index in [1.807, 2.05) is 13.2 Å². The number of rotatable bonds is 3. The van der Waals surface area contributed by atoms with Gasteiger partial charge in [0.1, 0.15) is 0 Å². The van der Waals surface area contributed by atoms with Crippen LogP contribution in [0.15, 0.2) is 16.8 Å². The van der Waals surface area contributed by atoms with Crippen LogP contribution in [-0.4, -0.2) is 17.2 Å².